The molecule has 26 heavy (non-hydrogen) atoms. The van der Waals surface area contributed by atoms with E-state index in [1.54, 1.807) is 18.2 Å². The summed E-state index contributed by atoms with van der Waals surface area (Å²) >= 11 is 0. The number of carbonyl (C=O) groups excluding carboxylic acids is 1. The van der Waals surface area contributed by atoms with Gasteiger partial charge in [0.15, 0.2) is 0 Å². The molecule has 8 heteroatoms. The van der Waals surface area contributed by atoms with Gasteiger partial charge in [-0.25, -0.2) is 12.8 Å². The third-order valence-electron chi connectivity index (χ3n) is 5.11. The first-order valence-corrected chi connectivity index (χ1v) is 9.57. The molecule has 1 saturated heterocycles. The van der Waals surface area contributed by atoms with Crippen LogP contribution in [0.2, 0.25) is 0 Å². The molecular weight excluding hydrogens is 359 g/mol. The van der Waals surface area contributed by atoms with Crippen LogP contribution >= 0.6 is 0 Å². The highest BCUT2D eigenvalue weighted by Gasteiger charge is 2.53. The molecule has 1 fully saturated rings. The highest BCUT2D eigenvalue weighted by atomic mass is 32.2. The molecule has 0 radical (unpaired) electrons. The third kappa shape index (κ3) is 2.33. The number of ether oxygens (including phenoxy) is 1. The van der Waals surface area contributed by atoms with Crippen molar-refractivity contribution in [2.45, 2.75) is 16.7 Å². The van der Waals surface area contributed by atoms with E-state index in [4.69, 9.17) is 4.74 Å². The minimum Gasteiger partial charge on any atom is -0.497 e. The van der Waals surface area contributed by atoms with Gasteiger partial charge in [0.25, 0.3) is 0 Å². The number of hydrogen-bond donors (Lipinski definition) is 1. The molecule has 1 N–H and O–H groups in total. The molecule has 1 amide bonds. The number of nitrogens with one attached hydrogen (secondary N) is 1. The average Bonchev–Trinajstić information content (AvgIpc) is 3.19. The van der Waals surface area contributed by atoms with Crippen LogP contribution in [0.4, 0.5) is 10.1 Å². The lowest BCUT2D eigenvalue weighted by Gasteiger charge is -2.23. The van der Waals surface area contributed by atoms with Crippen LogP contribution < -0.4 is 10.1 Å². The fourth-order valence-corrected chi connectivity index (χ4v) is 5.26. The van der Waals surface area contributed by atoms with Crippen LogP contribution in [0.25, 0.3) is 0 Å². The Morgan fingerprint density at radius 1 is 1.23 bits per heavy atom. The van der Waals surface area contributed by atoms with E-state index in [1.165, 1.54) is 29.6 Å². The van der Waals surface area contributed by atoms with Gasteiger partial charge < -0.3 is 10.1 Å². The van der Waals surface area contributed by atoms with Crippen molar-refractivity contribution in [3.63, 3.8) is 0 Å². The van der Waals surface area contributed by atoms with Crippen molar-refractivity contribution in [1.82, 2.24) is 4.31 Å². The van der Waals surface area contributed by atoms with Crippen LogP contribution in [-0.2, 0) is 20.2 Å². The van der Waals surface area contributed by atoms with E-state index >= 15 is 0 Å². The molecule has 0 aliphatic carbocycles. The summed E-state index contributed by atoms with van der Waals surface area (Å²) in [5, 5.41) is 2.81. The maximum atomic E-state index is 14.0. The number of nitrogens with zero attached hydrogens (tertiary/aromatic N) is 1. The number of anilines is 1. The van der Waals surface area contributed by atoms with Crippen molar-refractivity contribution in [3.05, 3.63) is 53.8 Å². The van der Waals surface area contributed by atoms with Crippen molar-refractivity contribution in [1.29, 1.82) is 0 Å². The number of fused-ring (bicyclic) bond motifs is 2. The minimum atomic E-state index is -4.03. The van der Waals surface area contributed by atoms with Gasteiger partial charge in [-0.05, 0) is 42.3 Å². The lowest BCUT2D eigenvalue weighted by atomic mass is 9.81. The predicted octanol–water partition coefficient (Wildman–Crippen LogP) is 2.12. The first-order chi connectivity index (χ1) is 12.4. The molecule has 2 aliphatic heterocycles. The summed E-state index contributed by atoms with van der Waals surface area (Å²) in [6.07, 6.45) is 0.326. The number of sulfonamides is 1. The number of methoxy groups -OCH3 is 1. The Morgan fingerprint density at radius 2 is 2.00 bits per heavy atom. The summed E-state index contributed by atoms with van der Waals surface area (Å²) < 4.78 is 46.2. The van der Waals surface area contributed by atoms with Gasteiger partial charge in [0.2, 0.25) is 15.9 Å². The molecule has 0 saturated carbocycles. The van der Waals surface area contributed by atoms with E-state index in [-0.39, 0.29) is 23.9 Å². The largest absolute Gasteiger partial charge is 0.497 e. The first-order valence-electron chi connectivity index (χ1n) is 8.13. The number of benzene rings is 2. The maximum absolute atomic E-state index is 14.0. The van der Waals surface area contributed by atoms with E-state index in [1.807, 2.05) is 0 Å². The predicted molar refractivity (Wildman–Crippen MR) is 93.1 cm³/mol. The van der Waals surface area contributed by atoms with Crippen LogP contribution in [-0.4, -0.2) is 38.8 Å². The fraction of sp³-hybridized carbons (Fsp3) is 0.278. The van der Waals surface area contributed by atoms with Gasteiger partial charge in [0, 0.05) is 18.8 Å². The van der Waals surface area contributed by atoms with Gasteiger partial charge >= 0.3 is 0 Å². The van der Waals surface area contributed by atoms with Gasteiger partial charge in [-0.2, -0.15) is 4.31 Å². The second-order valence-electron chi connectivity index (χ2n) is 6.47. The van der Waals surface area contributed by atoms with Crippen molar-refractivity contribution in [3.8, 4) is 5.75 Å². The summed E-state index contributed by atoms with van der Waals surface area (Å²) in [5.74, 6) is -0.451. The zero-order valence-electron chi connectivity index (χ0n) is 14.0. The highest BCUT2D eigenvalue weighted by Crippen LogP contribution is 2.46. The molecule has 1 atom stereocenters. The summed E-state index contributed by atoms with van der Waals surface area (Å²) in [6.45, 7) is 0.108. The molecule has 0 unspecified atom stereocenters. The molecule has 4 rings (SSSR count). The Hall–Kier alpha value is -2.45. The van der Waals surface area contributed by atoms with E-state index < -0.39 is 21.3 Å². The number of carbonyl (C=O) groups is 1. The van der Waals surface area contributed by atoms with Crippen molar-refractivity contribution >= 4 is 21.6 Å². The Balaban J connectivity index is 1.74. The number of halogens is 1. The molecule has 6 nitrogen and oxygen atoms in total. The average molecular weight is 376 g/mol. The third-order valence-corrected chi connectivity index (χ3v) is 6.99. The van der Waals surface area contributed by atoms with Gasteiger partial charge in [0.1, 0.15) is 16.5 Å². The summed E-state index contributed by atoms with van der Waals surface area (Å²) in [7, 11) is -2.50. The number of rotatable bonds is 3. The second-order valence-corrected chi connectivity index (χ2v) is 8.37. The van der Waals surface area contributed by atoms with Crippen molar-refractivity contribution < 1.29 is 22.3 Å². The quantitative estimate of drug-likeness (QED) is 0.890. The van der Waals surface area contributed by atoms with Gasteiger partial charge in [-0.3, -0.25) is 4.79 Å². The van der Waals surface area contributed by atoms with Gasteiger partial charge in [-0.1, -0.05) is 12.1 Å². The molecule has 136 valence electrons. The van der Waals surface area contributed by atoms with Crippen LogP contribution in [0, 0.1) is 5.82 Å². The van der Waals surface area contributed by atoms with E-state index in [9.17, 15) is 17.6 Å². The topological polar surface area (TPSA) is 75.7 Å². The summed E-state index contributed by atoms with van der Waals surface area (Å²) in [4.78, 5) is 12.3. The molecule has 2 aliphatic rings. The van der Waals surface area contributed by atoms with E-state index in [0.717, 1.165) is 6.07 Å². The lowest BCUT2D eigenvalue weighted by molar-refractivity contribution is -0.120. The summed E-state index contributed by atoms with van der Waals surface area (Å²) in [6, 6.07) is 10.5. The Morgan fingerprint density at radius 3 is 2.73 bits per heavy atom. The van der Waals surface area contributed by atoms with E-state index in [0.29, 0.717) is 23.4 Å². The Kier molecular flexibility index (Phi) is 3.78. The number of hydrogen-bond acceptors (Lipinski definition) is 4. The van der Waals surface area contributed by atoms with Gasteiger partial charge in [0.05, 0.1) is 12.5 Å². The van der Waals surface area contributed by atoms with Crippen molar-refractivity contribution in [2.75, 3.05) is 25.5 Å². The molecule has 1 spiro atoms. The monoisotopic (exact) mass is 376 g/mol. The highest BCUT2D eigenvalue weighted by molar-refractivity contribution is 7.89. The normalized spacial score (nSPS) is 22.5. The zero-order chi connectivity index (χ0) is 18.5. The molecule has 0 aromatic heterocycles. The van der Waals surface area contributed by atoms with Crippen LogP contribution in [0.1, 0.15) is 12.0 Å². The maximum Gasteiger partial charge on any atom is 0.246 e. The van der Waals surface area contributed by atoms with Gasteiger partial charge in [-0.15, -0.1) is 0 Å². The molecule has 2 aromatic rings. The summed E-state index contributed by atoms with van der Waals surface area (Å²) in [5.41, 5.74) is 0.386. The molecule has 2 heterocycles. The number of amides is 1. The SMILES string of the molecule is COc1ccc2c(c1)[C@@]1(CCN(S(=O)(=O)c3ccccc3F)C1)C(=O)N2. The lowest BCUT2D eigenvalue weighted by Crippen LogP contribution is -2.39. The second kappa shape index (κ2) is 5.78. The Bertz CT molecular complexity index is 1010. The molecule has 0 bridgehead atoms. The van der Waals surface area contributed by atoms with E-state index in [2.05, 4.69) is 5.32 Å². The first kappa shape index (κ1) is 17.0. The Labute approximate surface area is 150 Å². The standard InChI is InChI=1S/C18H17FN2O4S/c1-25-12-6-7-15-13(10-12)18(17(22)20-15)8-9-21(11-18)26(23,24)16-5-3-2-4-14(16)19/h2-7,10H,8-9,11H2,1H3,(H,20,22)/t18-/m0/s1. The minimum absolute atomic E-state index is 0.0321. The van der Waals surface area contributed by atoms with Crippen LogP contribution in [0.5, 0.6) is 5.75 Å². The van der Waals surface area contributed by atoms with Crippen LogP contribution in [0.15, 0.2) is 47.4 Å². The molecule has 2 aromatic carbocycles. The van der Waals surface area contributed by atoms with Crippen LogP contribution in [0.3, 0.4) is 0 Å². The van der Waals surface area contributed by atoms with Crippen molar-refractivity contribution in [2.24, 2.45) is 0 Å². The zero-order valence-corrected chi connectivity index (χ0v) is 14.8. The molecular formula is C18H17FN2O4S. The smallest absolute Gasteiger partial charge is 0.246 e. The fourth-order valence-electron chi connectivity index (χ4n) is 3.70.